The van der Waals surface area contributed by atoms with Crippen LogP contribution in [0.4, 0.5) is 5.69 Å². The quantitative estimate of drug-likeness (QED) is 0.617. The van der Waals surface area contributed by atoms with E-state index in [1.54, 1.807) is 11.3 Å². The van der Waals surface area contributed by atoms with Crippen molar-refractivity contribution in [3.8, 4) is 11.3 Å². The largest absolute Gasteiger partial charge is 0.326 e. The van der Waals surface area contributed by atoms with Crippen molar-refractivity contribution < 1.29 is 4.79 Å². The van der Waals surface area contributed by atoms with Crippen molar-refractivity contribution >= 4 is 29.0 Å². The summed E-state index contributed by atoms with van der Waals surface area (Å²) in [5.74, 6) is 0.201. The molecule has 1 N–H and O–H groups in total. The lowest BCUT2D eigenvalue weighted by atomic mass is 9.95. The van der Waals surface area contributed by atoms with E-state index in [2.05, 4.69) is 51.6 Å². The summed E-state index contributed by atoms with van der Waals surface area (Å²) in [5, 5.41) is 5.11. The molecule has 1 fully saturated rings. The first-order chi connectivity index (χ1) is 14.3. The first-order valence-electron chi connectivity index (χ1n) is 10.0. The molecule has 4 rings (SSSR count). The fourth-order valence-corrected chi connectivity index (χ4v) is 4.20. The number of piperidine rings is 1. The Morgan fingerprint density at radius 2 is 1.97 bits per heavy atom. The van der Waals surface area contributed by atoms with Gasteiger partial charge in [-0.25, -0.2) is 4.98 Å². The van der Waals surface area contributed by atoms with Gasteiger partial charge in [0, 0.05) is 29.1 Å². The van der Waals surface area contributed by atoms with Gasteiger partial charge in [-0.3, -0.25) is 9.69 Å². The van der Waals surface area contributed by atoms with Gasteiger partial charge < -0.3 is 5.32 Å². The molecule has 4 nitrogen and oxygen atoms in total. The van der Waals surface area contributed by atoms with Crippen molar-refractivity contribution in [3.05, 3.63) is 77.1 Å². The van der Waals surface area contributed by atoms with Crippen LogP contribution in [0.15, 0.2) is 71.6 Å². The molecule has 1 amide bonds. The molecule has 1 aliphatic heterocycles. The molecule has 2 heterocycles. The molecule has 148 valence electrons. The van der Waals surface area contributed by atoms with Gasteiger partial charge in [-0.05, 0) is 43.6 Å². The van der Waals surface area contributed by atoms with E-state index in [4.69, 9.17) is 0 Å². The lowest BCUT2D eigenvalue weighted by Crippen LogP contribution is -2.38. The Morgan fingerprint density at radius 1 is 1.14 bits per heavy atom. The van der Waals surface area contributed by atoms with Crippen molar-refractivity contribution in [2.45, 2.75) is 12.8 Å². The monoisotopic (exact) mass is 403 g/mol. The fourth-order valence-electron chi connectivity index (χ4n) is 3.64. The van der Waals surface area contributed by atoms with Crippen molar-refractivity contribution in [2.75, 3.05) is 25.0 Å². The molecule has 3 aromatic rings. The summed E-state index contributed by atoms with van der Waals surface area (Å²) < 4.78 is 0. The Bertz CT molecular complexity index is 945. The third kappa shape index (κ3) is 5.40. The second-order valence-corrected chi connectivity index (χ2v) is 8.05. The highest BCUT2D eigenvalue weighted by molar-refractivity contribution is 7.07. The first kappa shape index (κ1) is 19.6. The highest BCUT2D eigenvalue weighted by Gasteiger charge is 2.24. The fraction of sp³-hybridized carbons (Fsp3) is 0.250. The predicted molar refractivity (Wildman–Crippen MR) is 121 cm³/mol. The number of aromatic nitrogens is 1. The maximum atomic E-state index is 12.7. The van der Waals surface area contributed by atoms with Crippen LogP contribution in [0.1, 0.15) is 18.4 Å². The maximum Gasteiger partial charge on any atom is 0.227 e. The van der Waals surface area contributed by atoms with Crippen LogP contribution in [0.2, 0.25) is 0 Å². The summed E-state index contributed by atoms with van der Waals surface area (Å²) in [5.41, 5.74) is 5.87. The zero-order chi connectivity index (χ0) is 19.9. The van der Waals surface area contributed by atoms with Crippen LogP contribution in [0.5, 0.6) is 0 Å². The molecule has 1 aromatic heterocycles. The predicted octanol–water partition coefficient (Wildman–Crippen LogP) is 5.17. The van der Waals surface area contributed by atoms with Crippen LogP contribution in [-0.2, 0) is 4.79 Å². The van der Waals surface area contributed by atoms with Gasteiger partial charge >= 0.3 is 0 Å². The molecule has 0 saturated carbocycles. The van der Waals surface area contributed by atoms with Crippen LogP contribution in [0, 0.1) is 5.92 Å². The van der Waals surface area contributed by atoms with Gasteiger partial charge in [0.2, 0.25) is 5.91 Å². The van der Waals surface area contributed by atoms with E-state index in [0.29, 0.717) is 0 Å². The average Bonchev–Trinajstić information content (AvgIpc) is 3.30. The number of likely N-dealkylation sites (tertiary alicyclic amines) is 1. The van der Waals surface area contributed by atoms with E-state index in [1.807, 2.05) is 41.2 Å². The molecule has 5 heteroatoms. The van der Waals surface area contributed by atoms with E-state index >= 15 is 0 Å². The minimum absolute atomic E-state index is 0.0762. The molecular weight excluding hydrogens is 378 g/mol. The van der Waals surface area contributed by atoms with E-state index < -0.39 is 0 Å². The van der Waals surface area contributed by atoms with Crippen molar-refractivity contribution in [2.24, 2.45) is 5.92 Å². The summed E-state index contributed by atoms with van der Waals surface area (Å²) in [7, 11) is 0. The second-order valence-electron chi connectivity index (χ2n) is 7.33. The first-order valence-corrected chi connectivity index (χ1v) is 11.0. The van der Waals surface area contributed by atoms with Crippen LogP contribution in [-0.4, -0.2) is 35.4 Å². The van der Waals surface area contributed by atoms with Crippen LogP contribution >= 0.6 is 11.3 Å². The lowest BCUT2D eigenvalue weighted by Gasteiger charge is -2.30. The topological polar surface area (TPSA) is 45.2 Å². The molecule has 0 spiro atoms. The SMILES string of the molecule is O=C(Nc1cccc(-c2cscn2)c1)C1CCN(C/C=C/c2ccccc2)CC1. The maximum absolute atomic E-state index is 12.7. The molecule has 0 bridgehead atoms. The molecule has 0 unspecified atom stereocenters. The number of rotatable bonds is 6. The number of nitrogens with one attached hydrogen (secondary N) is 1. The van der Waals surface area contributed by atoms with Crippen molar-refractivity contribution in [1.29, 1.82) is 0 Å². The number of carbonyl (C=O) groups is 1. The van der Waals surface area contributed by atoms with Crippen molar-refractivity contribution in [3.63, 3.8) is 0 Å². The minimum atomic E-state index is 0.0762. The Balaban J connectivity index is 1.26. The zero-order valence-electron chi connectivity index (χ0n) is 16.3. The average molecular weight is 404 g/mol. The highest BCUT2D eigenvalue weighted by atomic mass is 32.1. The number of thiazole rings is 1. The molecule has 0 aliphatic carbocycles. The lowest BCUT2D eigenvalue weighted by molar-refractivity contribution is -0.121. The third-order valence-electron chi connectivity index (χ3n) is 5.29. The number of hydrogen-bond acceptors (Lipinski definition) is 4. The van der Waals surface area contributed by atoms with Gasteiger partial charge in [-0.15, -0.1) is 11.3 Å². The summed E-state index contributed by atoms with van der Waals surface area (Å²) in [6, 6.07) is 18.3. The Morgan fingerprint density at radius 3 is 2.72 bits per heavy atom. The normalized spacial score (nSPS) is 15.6. The number of carbonyl (C=O) groups excluding carboxylic acids is 1. The number of nitrogens with zero attached hydrogens (tertiary/aromatic N) is 2. The summed E-state index contributed by atoms with van der Waals surface area (Å²) >= 11 is 1.57. The number of hydrogen-bond donors (Lipinski definition) is 1. The Hall–Kier alpha value is -2.76. The van der Waals surface area contributed by atoms with Crippen molar-refractivity contribution in [1.82, 2.24) is 9.88 Å². The van der Waals surface area contributed by atoms with E-state index in [-0.39, 0.29) is 11.8 Å². The summed E-state index contributed by atoms with van der Waals surface area (Å²) in [6.45, 7) is 2.84. The van der Waals surface area contributed by atoms with Gasteiger partial charge in [0.25, 0.3) is 0 Å². The number of amides is 1. The Kier molecular flexibility index (Phi) is 6.49. The Labute approximate surface area is 175 Å². The molecule has 0 radical (unpaired) electrons. The molecule has 1 saturated heterocycles. The van der Waals surface area contributed by atoms with Gasteiger partial charge in [0.15, 0.2) is 0 Å². The molecular formula is C24H25N3OS. The molecule has 2 aromatic carbocycles. The van der Waals surface area contributed by atoms with Crippen LogP contribution in [0.3, 0.4) is 0 Å². The van der Waals surface area contributed by atoms with Gasteiger partial charge in [-0.1, -0.05) is 54.6 Å². The van der Waals surface area contributed by atoms with Gasteiger partial charge in [0.05, 0.1) is 11.2 Å². The number of benzene rings is 2. The van der Waals surface area contributed by atoms with Crippen LogP contribution in [0.25, 0.3) is 17.3 Å². The second kappa shape index (κ2) is 9.63. The highest BCUT2D eigenvalue weighted by Crippen LogP contribution is 2.24. The van der Waals surface area contributed by atoms with E-state index in [1.165, 1.54) is 5.56 Å². The van der Waals surface area contributed by atoms with Crippen LogP contribution < -0.4 is 5.32 Å². The molecule has 0 atom stereocenters. The molecule has 29 heavy (non-hydrogen) atoms. The van der Waals surface area contributed by atoms with Gasteiger partial charge in [0.1, 0.15) is 0 Å². The minimum Gasteiger partial charge on any atom is -0.326 e. The van der Waals surface area contributed by atoms with E-state index in [9.17, 15) is 4.79 Å². The standard InChI is InChI=1S/C24H25N3OS/c28-24(26-22-10-4-9-21(16-22)23-17-29-18-25-23)20-11-14-27(15-12-20)13-5-8-19-6-2-1-3-7-19/h1-10,16-18,20H,11-15H2,(H,26,28)/b8-5+. The van der Waals surface area contributed by atoms with E-state index in [0.717, 1.165) is 49.4 Å². The zero-order valence-corrected chi connectivity index (χ0v) is 17.1. The number of anilines is 1. The van der Waals surface area contributed by atoms with Gasteiger partial charge in [-0.2, -0.15) is 0 Å². The summed E-state index contributed by atoms with van der Waals surface area (Å²) in [4.78, 5) is 19.5. The third-order valence-corrected chi connectivity index (χ3v) is 5.88. The smallest absolute Gasteiger partial charge is 0.227 e. The molecule has 1 aliphatic rings. The summed E-state index contributed by atoms with van der Waals surface area (Å²) in [6.07, 6.45) is 6.17.